The third-order valence-corrected chi connectivity index (χ3v) is 3.31. The Bertz CT molecular complexity index is 377. The van der Waals surface area contributed by atoms with Gasteiger partial charge in [0.2, 0.25) is 0 Å². The lowest BCUT2D eigenvalue weighted by molar-refractivity contribution is 0.154. The average molecular weight is 237 g/mol. The van der Waals surface area contributed by atoms with Gasteiger partial charge in [-0.25, -0.2) is 0 Å². The van der Waals surface area contributed by atoms with Gasteiger partial charge >= 0.3 is 0 Å². The van der Waals surface area contributed by atoms with Crippen LogP contribution in [0.25, 0.3) is 0 Å². The molecule has 3 N–H and O–H groups in total. The first-order chi connectivity index (χ1) is 8.19. The maximum absolute atomic E-state index is 10.0. The van der Waals surface area contributed by atoms with Gasteiger partial charge in [0.25, 0.3) is 0 Å². The van der Waals surface area contributed by atoms with Crippen LogP contribution in [-0.2, 0) is 0 Å². The number of β-amino-alcohol motifs (C(OH)–C–C–N with tert-alkyl or cyclic N) is 1. The Morgan fingerprint density at radius 3 is 2.82 bits per heavy atom. The normalized spacial score (nSPS) is 18.8. The number of rotatable bonds is 6. The molecule has 0 amide bonds. The molecule has 1 fully saturated rings. The molecule has 94 valence electrons. The Kier molecular flexibility index (Phi) is 3.66. The molecule has 1 unspecified atom stereocenters. The number of nitrogens with one attached hydrogen (secondary N) is 1. The summed E-state index contributed by atoms with van der Waals surface area (Å²) in [6, 6.07) is 7.40. The molecule has 4 heteroatoms. The lowest BCUT2D eigenvalue weighted by atomic mass is 10.1. The lowest BCUT2D eigenvalue weighted by Gasteiger charge is -2.18. The van der Waals surface area contributed by atoms with E-state index in [0.717, 1.165) is 24.2 Å². The first kappa shape index (κ1) is 12.4. The highest BCUT2D eigenvalue weighted by molar-refractivity contribution is 5.30. The molecule has 4 nitrogen and oxygen atoms in total. The van der Waals surface area contributed by atoms with Gasteiger partial charge in [0.05, 0.1) is 19.8 Å². The molecule has 1 aliphatic rings. The second-order valence-electron chi connectivity index (χ2n) is 4.61. The van der Waals surface area contributed by atoms with Crippen LogP contribution in [0.5, 0.6) is 5.75 Å². The fourth-order valence-corrected chi connectivity index (χ4v) is 1.82. The molecular formula is C13H19NO3. The third-order valence-electron chi connectivity index (χ3n) is 3.31. The molecule has 1 atom stereocenters. The monoisotopic (exact) mass is 237 g/mol. The predicted molar refractivity (Wildman–Crippen MR) is 65.0 cm³/mol. The third kappa shape index (κ3) is 2.97. The van der Waals surface area contributed by atoms with Gasteiger partial charge in [-0.05, 0) is 30.5 Å². The summed E-state index contributed by atoms with van der Waals surface area (Å²) in [5.41, 5.74) is 0.686. The number of ether oxygens (including phenoxy) is 1. The minimum Gasteiger partial charge on any atom is -0.497 e. The van der Waals surface area contributed by atoms with E-state index in [-0.39, 0.29) is 12.1 Å². The highest BCUT2D eigenvalue weighted by Crippen LogP contribution is 2.34. The number of aliphatic hydroxyl groups excluding tert-OH is 2. The lowest BCUT2D eigenvalue weighted by Crippen LogP contribution is -2.37. The Hall–Kier alpha value is -1.10. The molecule has 2 rings (SSSR count). The van der Waals surface area contributed by atoms with Crippen LogP contribution < -0.4 is 10.1 Å². The summed E-state index contributed by atoms with van der Waals surface area (Å²) in [5, 5.41) is 22.4. The van der Waals surface area contributed by atoms with Gasteiger partial charge in [0.1, 0.15) is 5.75 Å². The average Bonchev–Trinajstić information content (AvgIpc) is 3.17. The SMILES string of the molecule is COc1cccc(C(O)CNC2(CO)CC2)c1. The molecule has 0 aromatic heterocycles. The van der Waals surface area contributed by atoms with E-state index >= 15 is 0 Å². The van der Waals surface area contributed by atoms with Crippen molar-refractivity contribution in [3.63, 3.8) is 0 Å². The van der Waals surface area contributed by atoms with Crippen molar-refractivity contribution in [1.29, 1.82) is 0 Å². The largest absolute Gasteiger partial charge is 0.497 e. The zero-order valence-electron chi connectivity index (χ0n) is 10.0. The van der Waals surface area contributed by atoms with Crippen molar-refractivity contribution in [2.24, 2.45) is 0 Å². The molecule has 0 radical (unpaired) electrons. The van der Waals surface area contributed by atoms with E-state index in [9.17, 15) is 5.11 Å². The van der Waals surface area contributed by atoms with Crippen LogP contribution in [0, 0.1) is 0 Å². The van der Waals surface area contributed by atoms with Gasteiger partial charge in [-0.2, -0.15) is 0 Å². The smallest absolute Gasteiger partial charge is 0.119 e. The fraction of sp³-hybridized carbons (Fsp3) is 0.538. The molecule has 0 bridgehead atoms. The second kappa shape index (κ2) is 5.04. The van der Waals surface area contributed by atoms with Crippen LogP contribution in [0.15, 0.2) is 24.3 Å². The molecule has 0 saturated heterocycles. The van der Waals surface area contributed by atoms with Gasteiger partial charge in [-0.15, -0.1) is 0 Å². The summed E-state index contributed by atoms with van der Waals surface area (Å²) in [4.78, 5) is 0. The van der Waals surface area contributed by atoms with Crippen LogP contribution in [-0.4, -0.2) is 36.0 Å². The summed E-state index contributed by atoms with van der Waals surface area (Å²) in [7, 11) is 1.61. The van der Waals surface area contributed by atoms with Crippen molar-refractivity contribution < 1.29 is 14.9 Å². The molecule has 0 heterocycles. The maximum atomic E-state index is 10.0. The van der Waals surface area contributed by atoms with Crippen molar-refractivity contribution in [2.75, 3.05) is 20.3 Å². The van der Waals surface area contributed by atoms with Crippen LogP contribution in [0.3, 0.4) is 0 Å². The van der Waals surface area contributed by atoms with E-state index < -0.39 is 6.10 Å². The van der Waals surface area contributed by atoms with Crippen molar-refractivity contribution in [3.8, 4) is 5.75 Å². The molecule has 1 aliphatic carbocycles. The molecule has 0 aliphatic heterocycles. The Balaban J connectivity index is 1.92. The second-order valence-corrected chi connectivity index (χ2v) is 4.61. The highest BCUT2D eigenvalue weighted by atomic mass is 16.5. The Morgan fingerprint density at radius 2 is 2.24 bits per heavy atom. The molecule has 0 spiro atoms. The highest BCUT2D eigenvalue weighted by Gasteiger charge is 2.41. The predicted octanol–water partition coefficient (Wildman–Crippen LogP) is 0.843. The number of hydrogen-bond donors (Lipinski definition) is 3. The molecule has 1 saturated carbocycles. The van der Waals surface area contributed by atoms with Crippen molar-refractivity contribution in [2.45, 2.75) is 24.5 Å². The van der Waals surface area contributed by atoms with E-state index in [1.54, 1.807) is 7.11 Å². The van der Waals surface area contributed by atoms with E-state index in [0.29, 0.717) is 6.54 Å². The Labute approximate surface area is 101 Å². The topological polar surface area (TPSA) is 61.7 Å². The van der Waals surface area contributed by atoms with Crippen molar-refractivity contribution in [3.05, 3.63) is 29.8 Å². The quantitative estimate of drug-likeness (QED) is 0.686. The number of methoxy groups -OCH3 is 1. The number of hydrogen-bond acceptors (Lipinski definition) is 4. The Morgan fingerprint density at radius 1 is 1.47 bits per heavy atom. The summed E-state index contributed by atoms with van der Waals surface area (Å²) < 4.78 is 5.11. The van der Waals surface area contributed by atoms with Crippen molar-refractivity contribution in [1.82, 2.24) is 5.32 Å². The van der Waals surface area contributed by atoms with E-state index in [2.05, 4.69) is 5.32 Å². The number of benzene rings is 1. The molecule has 1 aromatic carbocycles. The van der Waals surface area contributed by atoms with Crippen molar-refractivity contribution >= 4 is 0 Å². The molecule has 17 heavy (non-hydrogen) atoms. The minimum atomic E-state index is -0.575. The first-order valence-electron chi connectivity index (χ1n) is 5.87. The van der Waals surface area contributed by atoms with E-state index in [4.69, 9.17) is 9.84 Å². The van der Waals surface area contributed by atoms with Gasteiger partial charge in [-0.3, -0.25) is 0 Å². The number of aliphatic hydroxyl groups is 2. The summed E-state index contributed by atoms with van der Waals surface area (Å²) in [6.07, 6.45) is 1.39. The van der Waals surface area contributed by atoms with Gasteiger partial charge in [0.15, 0.2) is 0 Å². The van der Waals surface area contributed by atoms with Gasteiger partial charge < -0.3 is 20.3 Å². The van der Waals surface area contributed by atoms with E-state index in [1.807, 2.05) is 24.3 Å². The van der Waals surface area contributed by atoms with Crippen LogP contribution in [0.2, 0.25) is 0 Å². The first-order valence-corrected chi connectivity index (χ1v) is 5.87. The van der Waals surface area contributed by atoms with Crippen LogP contribution >= 0.6 is 0 Å². The van der Waals surface area contributed by atoms with Crippen LogP contribution in [0.4, 0.5) is 0 Å². The van der Waals surface area contributed by atoms with Crippen LogP contribution in [0.1, 0.15) is 24.5 Å². The minimum absolute atomic E-state index is 0.137. The zero-order valence-corrected chi connectivity index (χ0v) is 10.0. The molecular weight excluding hydrogens is 218 g/mol. The van der Waals surface area contributed by atoms with E-state index in [1.165, 1.54) is 0 Å². The summed E-state index contributed by atoms with van der Waals surface area (Å²) >= 11 is 0. The van der Waals surface area contributed by atoms with Gasteiger partial charge in [-0.1, -0.05) is 12.1 Å². The maximum Gasteiger partial charge on any atom is 0.119 e. The summed E-state index contributed by atoms with van der Waals surface area (Å²) in [6.45, 7) is 0.589. The zero-order chi connectivity index (χ0) is 12.3. The van der Waals surface area contributed by atoms with Gasteiger partial charge in [0, 0.05) is 12.1 Å². The standard InChI is InChI=1S/C13H19NO3/c1-17-11-4-2-3-10(7-11)12(16)8-14-13(9-15)5-6-13/h2-4,7,12,14-16H,5-6,8-9H2,1H3. The fourth-order valence-electron chi connectivity index (χ4n) is 1.82. The summed E-state index contributed by atoms with van der Waals surface area (Å²) in [5.74, 6) is 0.741. The molecule has 1 aromatic rings.